The number of hydrogen-bond acceptors (Lipinski definition) is 3. The molecule has 106 valence electrons. The lowest BCUT2D eigenvalue weighted by atomic mass is 10.1. The summed E-state index contributed by atoms with van der Waals surface area (Å²) in [5, 5.41) is 3.12. The van der Waals surface area contributed by atoms with E-state index in [0.717, 1.165) is 35.9 Å². The van der Waals surface area contributed by atoms with Gasteiger partial charge in [0.15, 0.2) is 11.5 Å². The van der Waals surface area contributed by atoms with Crippen molar-refractivity contribution < 1.29 is 9.21 Å². The fraction of sp³-hybridized carbons (Fsp3) is 0.500. The van der Waals surface area contributed by atoms with Crippen molar-refractivity contribution in [1.82, 2.24) is 10.3 Å². The number of carbonyl (C=O) groups is 1. The molecule has 1 aliphatic rings. The van der Waals surface area contributed by atoms with E-state index < -0.39 is 0 Å². The summed E-state index contributed by atoms with van der Waals surface area (Å²) in [5.41, 5.74) is 2.81. The maximum atomic E-state index is 11.9. The first kappa shape index (κ1) is 13.2. The van der Waals surface area contributed by atoms with E-state index in [1.165, 1.54) is 12.8 Å². The zero-order valence-corrected chi connectivity index (χ0v) is 11.8. The molecule has 0 aliphatic heterocycles. The highest BCUT2D eigenvalue weighted by molar-refractivity contribution is 5.77. The Labute approximate surface area is 118 Å². The van der Waals surface area contributed by atoms with Crippen LogP contribution in [0, 0.1) is 6.92 Å². The van der Waals surface area contributed by atoms with Crippen LogP contribution in [0.25, 0.3) is 11.1 Å². The summed E-state index contributed by atoms with van der Waals surface area (Å²) in [5.74, 6) is 0.837. The van der Waals surface area contributed by atoms with Gasteiger partial charge in [0.05, 0.1) is 0 Å². The van der Waals surface area contributed by atoms with Crippen LogP contribution >= 0.6 is 0 Å². The smallest absolute Gasteiger partial charge is 0.220 e. The first-order chi connectivity index (χ1) is 9.70. The molecule has 1 fully saturated rings. The monoisotopic (exact) mass is 272 g/mol. The van der Waals surface area contributed by atoms with Crippen LogP contribution in [0.15, 0.2) is 22.6 Å². The standard InChI is InChI=1S/C16H20N2O2/c1-11-17-14-10-12(6-8-15(14)20-11)7-9-16(19)18-13-4-2-3-5-13/h6,8,10,13H,2-5,7,9H2,1H3,(H,18,19). The number of benzene rings is 1. The molecule has 1 amide bonds. The molecule has 20 heavy (non-hydrogen) atoms. The summed E-state index contributed by atoms with van der Waals surface area (Å²) in [6, 6.07) is 6.35. The van der Waals surface area contributed by atoms with Crippen LogP contribution in [0.4, 0.5) is 0 Å². The van der Waals surface area contributed by atoms with E-state index in [2.05, 4.69) is 10.3 Å². The molecular weight excluding hydrogens is 252 g/mol. The molecule has 1 aliphatic carbocycles. The Bertz CT molecular complexity index is 612. The molecule has 0 saturated heterocycles. The van der Waals surface area contributed by atoms with Gasteiger partial charge in [-0.1, -0.05) is 18.9 Å². The van der Waals surface area contributed by atoms with E-state index in [0.29, 0.717) is 18.4 Å². The Balaban J connectivity index is 1.57. The molecule has 0 radical (unpaired) electrons. The van der Waals surface area contributed by atoms with Crippen LogP contribution in [0.5, 0.6) is 0 Å². The van der Waals surface area contributed by atoms with Gasteiger partial charge in [0.25, 0.3) is 0 Å². The number of nitrogens with one attached hydrogen (secondary N) is 1. The van der Waals surface area contributed by atoms with Gasteiger partial charge >= 0.3 is 0 Å². The molecule has 3 rings (SSSR count). The molecule has 2 aromatic rings. The molecule has 1 saturated carbocycles. The minimum atomic E-state index is 0.160. The highest BCUT2D eigenvalue weighted by Gasteiger charge is 2.16. The lowest BCUT2D eigenvalue weighted by Gasteiger charge is -2.11. The first-order valence-corrected chi connectivity index (χ1v) is 7.36. The minimum Gasteiger partial charge on any atom is -0.441 e. The number of rotatable bonds is 4. The summed E-state index contributed by atoms with van der Waals surface area (Å²) in [6.07, 6.45) is 6.05. The van der Waals surface area contributed by atoms with Crippen LogP contribution in [-0.2, 0) is 11.2 Å². The van der Waals surface area contributed by atoms with Gasteiger partial charge in [-0.2, -0.15) is 0 Å². The Morgan fingerprint density at radius 1 is 1.40 bits per heavy atom. The van der Waals surface area contributed by atoms with Gasteiger partial charge in [-0.15, -0.1) is 0 Å². The Morgan fingerprint density at radius 2 is 2.20 bits per heavy atom. The van der Waals surface area contributed by atoms with E-state index in [1.54, 1.807) is 0 Å². The number of carbonyl (C=O) groups excluding carboxylic acids is 1. The molecule has 1 aromatic carbocycles. The normalized spacial score (nSPS) is 15.8. The molecule has 0 bridgehead atoms. The average Bonchev–Trinajstić information content (AvgIpc) is 3.04. The molecule has 1 aromatic heterocycles. The fourth-order valence-corrected chi connectivity index (χ4v) is 2.87. The molecule has 1 N–H and O–H groups in total. The highest BCUT2D eigenvalue weighted by Crippen LogP contribution is 2.19. The van der Waals surface area contributed by atoms with Gasteiger partial charge in [-0.25, -0.2) is 4.98 Å². The van der Waals surface area contributed by atoms with E-state index >= 15 is 0 Å². The van der Waals surface area contributed by atoms with E-state index in [-0.39, 0.29) is 5.91 Å². The van der Waals surface area contributed by atoms with Crippen molar-refractivity contribution in [3.8, 4) is 0 Å². The van der Waals surface area contributed by atoms with E-state index in [1.807, 2.05) is 25.1 Å². The third-order valence-corrected chi connectivity index (χ3v) is 3.92. The van der Waals surface area contributed by atoms with Gasteiger partial charge in [-0.05, 0) is 37.0 Å². The first-order valence-electron chi connectivity index (χ1n) is 7.36. The van der Waals surface area contributed by atoms with Crippen LogP contribution in [0.3, 0.4) is 0 Å². The molecule has 1 heterocycles. The lowest BCUT2D eigenvalue weighted by Crippen LogP contribution is -2.32. The summed E-state index contributed by atoms with van der Waals surface area (Å²) in [6.45, 7) is 1.84. The van der Waals surface area contributed by atoms with Crippen molar-refractivity contribution >= 4 is 17.0 Å². The zero-order chi connectivity index (χ0) is 13.9. The quantitative estimate of drug-likeness (QED) is 0.930. The number of aryl methyl sites for hydroxylation is 2. The molecular formula is C16H20N2O2. The molecule has 0 spiro atoms. The lowest BCUT2D eigenvalue weighted by molar-refractivity contribution is -0.121. The Hall–Kier alpha value is -1.84. The second kappa shape index (κ2) is 5.65. The van der Waals surface area contributed by atoms with Crippen molar-refractivity contribution in [2.75, 3.05) is 0 Å². The molecule has 0 atom stereocenters. The highest BCUT2D eigenvalue weighted by atomic mass is 16.3. The molecule has 0 unspecified atom stereocenters. The zero-order valence-electron chi connectivity index (χ0n) is 11.8. The number of oxazole rings is 1. The van der Waals surface area contributed by atoms with Gasteiger partial charge in [-0.3, -0.25) is 4.79 Å². The predicted octanol–water partition coefficient (Wildman–Crippen LogP) is 3.13. The summed E-state index contributed by atoms with van der Waals surface area (Å²) in [7, 11) is 0. The number of hydrogen-bond donors (Lipinski definition) is 1. The van der Waals surface area contributed by atoms with Crippen LogP contribution in [0.1, 0.15) is 43.6 Å². The minimum absolute atomic E-state index is 0.160. The second-order valence-electron chi connectivity index (χ2n) is 5.58. The topological polar surface area (TPSA) is 55.1 Å². The maximum absolute atomic E-state index is 11.9. The van der Waals surface area contributed by atoms with Crippen molar-refractivity contribution in [3.63, 3.8) is 0 Å². The largest absolute Gasteiger partial charge is 0.441 e. The Morgan fingerprint density at radius 3 is 3.00 bits per heavy atom. The van der Waals surface area contributed by atoms with Gasteiger partial charge in [0, 0.05) is 19.4 Å². The third-order valence-electron chi connectivity index (χ3n) is 3.92. The van der Waals surface area contributed by atoms with E-state index in [4.69, 9.17) is 4.42 Å². The molecule has 4 nitrogen and oxygen atoms in total. The summed E-state index contributed by atoms with van der Waals surface area (Å²) < 4.78 is 5.45. The number of fused-ring (bicyclic) bond motifs is 1. The van der Waals surface area contributed by atoms with Crippen LogP contribution < -0.4 is 5.32 Å². The molecule has 4 heteroatoms. The van der Waals surface area contributed by atoms with Crippen molar-refractivity contribution in [3.05, 3.63) is 29.7 Å². The number of nitrogens with zero attached hydrogens (tertiary/aromatic N) is 1. The van der Waals surface area contributed by atoms with Crippen molar-refractivity contribution in [2.24, 2.45) is 0 Å². The van der Waals surface area contributed by atoms with Crippen LogP contribution in [0.2, 0.25) is 0 Å². The van der Waals surface area contributed by atoms with Crippen molar-refractivity contribution in [1.29, 1.82) is 0 Å². The van der Waals surface area contributed by atoms with Gasteiger partial charge in [0.1, 0.15) is 5.52 Å². The summed E-state index contributed by atoms with van der Waals surface area (Å²) >= 11 is 0. The Kier molecular flexibility index (Phi) is 3.72. The number of amides is 1. The SMILES string of the molecule is Cc1nc2cc(CCC(=O)NC3CCCC3)ccc2o1. The van der Waals surface area contributed by atoms with Crippen LogP contribution in [-0.4, -0.2) is 16.9 Å². The summed E-state index contributed by atoms with van der Waals surface area (Å²) in [4.78, 5) is 16.2. The fourth-order valence-electron chi connectivity index (χ4n) is 2.87. The third kappa shape index (κ3) is 3.00. The van der Waals surface area contributed by atoms with Gasteiger partial charge < -0.3 is 9.73 Å². The predicted molar refractivity (Wildman–Crippen MR) is 77.5 cm³/mol. The van der Waals surface area contributed by atoms with E-state index in [9.17, 15) is 4.79 Å². The second-order valence-corrected chi connectivity index (χ2v) is 5.58. The number of aromatic nitrogens is 1. The van der Waals surface area contributed by atoms with Gasteiger partial charge in [0.2, 0.25) is 5.91 Å². The van der Waals surface area contributed by atoms with Crippen molar-refractivity contribution in [2.45, 2.75) is 51.5 Å². The maximum Gasteiger partial charge on any atom is 0.220 e. The average molecular weight is 272 g/mol.